The second-order valence-electron chi connectivity index (χ2n) is 3.48. The minimum atomic E-state index is -0.416. The largest absolute Gasteiger partial charge is 0.467 e. The molecule has 3 N–H and O–H groups in total. The van der Waals surface area contributed by atoms with Gasteiger partial charge in [0.2, 0.25) is 0 Å². The van der Waals surface area contributed by atoms with Crippen molar-refractivity contribution in [2.24, 2.45) is 0 Å². The highest BCUT2D eigenvalue weighted by Gasteiger charge is 2.17. The first kappa shape index (κ1) is 11.1. The van der Waals surface area contributed by atoms with Gasteiger partial charge in [0.1, 0.15) is 17.7 Å². The summed E-state index contributed by atoms with van der Waals surface area (Å²) in [5.74, 6) is 0.721. The zero-order valence-corrected chi connectivity index (χ0v) is 9.12. The monoisotopic (exact) mass is 232 g/mol. The maximum absolute atomic E-state index is 11.7. The fraction of sp³-hybridized carbons (Fsp3) is 0.273. The van der Waals surface area contributed by atoms with E-state index in [1.54, 1.807) is 12.1 Å². The molecular formula is C11H12N4O2. The number of furan rings is 1. The van der Waals surface area contributed by atoms with Crippen LogP contribution in [0.2, 0.25) is 0 Å². The van der Waals surface area contributed by atoms with E-state index in [1.807, 2.05) is 6.07 Å². The summed E-state index contributed by atoms with van der Waals surface area (Å²) >= 11 is 0. The Morgan fingerprint density at radius 2 is 2.29 bits per heavy atom. The Labute approximate surface area is 98.3 Å². The van der Waals surface area contributed by atoms with E-state index in [0.717, 1.165) is 0 Å². The average Bonchev–Trinajstić information content (AvgIpc) is 3.00. The Morgan fingerprint density at radius 1 is 1.53 bits per heavy atom. The summed E-state index contributed by atoms with van der Waals surface area (Å²) in [5.41, 5.74) is 0.0639. The SMILES string of the molecule is N#CC(C(=O)NCc1ccco1)=C1NCCN1. The van der Waals surface area contributed by atoms with Crippen molar-refractivity contribution in [2.75, 3.05) is 13.1 Å². The molecule has 0 atom stereocenters. The van der Waals surface area contributed by atoms with E-state index < -0.39 is 5.91 Å². The number of carbonyl (C=O) groups excluding carboxylic acids is 1. The van der Waals surface area contributed by atoms with Crippen LogP contribution in [0.5, 0.6) is 0 Å². The van der Waals surface area contributed by atoms with Gasteiger partial charge in [0.25, 0.3) is 5.91 Å². The molecule has 88 valence electrons. The molecule has 1 aliphatic heterocycles. The van der Waals surface area contributed by atoms with Gasteiger partial charge in [-0.3, -0.25) is 4.79 Å². The Morgan fingerprint density at radius 3 is 2.88 bits per heavy atom. The van der Waals surface area contributed by atoms with Crippen molar-refractivity contribution in [3.05, 3.63) is 35.6 Å². The molecule has 17 heavy (non-hydrogen) atoms. The lowest BCUT2D eigenvalue weighted by molar-refractivity contribution is -0.117. The van der Waals surface area contributed by atoms with Crippen LogP contribution in [0.4, 0.5) is 0 Å². The maximum Gasteiger partial charge on any atom is 0.266 e. The highest BCUT2D eigenvalue weighted by atomic mass is 16.3. The molecule has 0 spiro atoms. The number of nitriles is 1. The molecule has 0 unspecified atom stereocenters. The summed E-state index contributed by atoms with van der Waals surface area (Å²) in [6, 6.07) is 5.38. The van der Waals surface area contributed by atoms with Gasteiger partial charge in [0.05, 0.1) is 12.8 Å². The normalized spacial score (nSPS) is 13.5. The molecular weight excluding hydrogens is 220 g/mol. The third-order valence-electron chi connectivity index (χ3n) is 2.32. The van der Waals surface area contributed by atoms with E-state index in [1.165, 1.54) is 6.26 Å². The van der Waals surface area contributed by atoms with Gasteiger partial charge in [-0.05, 0) is 12.1 Å². The first-order chi connectivity index (χ1) is 8.31. The molecule has 0 aromatic carbocycles. The van der Waals surface area contributed by atoms with E-state index in [0.29, 0.717) is 24.7 Å². The summed E-state index contributed by atoms with van der Waals surface area (Å²) in [6.07, 6.45) is 1.53. The van der Waals surface area contributed by atoms with Crippen molar-refractivity contribution in [3.8, 4) is 6.07 Å². The molecule has 0 bridgehead atoms. The quantitative estimate of drug-likeness (QED) is 0.497. The predicted octanol–water partition coefficient (Wildman–Crippen LogP) is -0.176. The molecule has 2 heterocycles. The van der Waals surface area contributed by atoms with Crippen LogP contribution >= 0.6 is 0 Å². The Balaban J connectivity index is 1.99. The lowest BCUT2D eigenvalue weighted by Crippen LogP contribution is -2.28. The van der Waals surface area contributed by atoms with Crippen molar-refractivity contribution in [3.63, 3.8) is 0 Å². The molecule has 1 amide bonds. The zero-order valence-electron chi connectivity index (χ0n) is 9.12. The molecule has 0 radical (unpaired) electrons. The van der Waals surface area contributed by atoms with Gasteiger partial charge in [-0.1, -0.05) is 0 Å². The molecule has 6 heteroatoms. The molecule has 6 nitrogen and oxygen atoms in total. The molecule has 1 saturated heterocycles. The average molecular weight is 232 g/mol. The maximum atomic E-state index is 11.7. The van der Waals surface area contributed by atoms with Crippen LogP contribution in [0.1, 0.15) is 5.76 Å². The number of rotatable bonds is 3. The van der Waals surface area contributed by atoms with E-state index in [-0.39, 0.29) is 12.1 Å². The second-order valence-corrected chi connectivity index (χ2v) is 3.48. The highest BCUT2D eigenvalue weighted by molar-refractivity contribution is 5.97. The second kappa shape index (κ2) is 5.07. The van der Waals surface area contributed by atoms with Crippen molar-refractivity contribution in [2.45, 2.75) is 6.54 Å². The third kappa shape index (κ3) is 2.58. The summed E-state index contributed by atoms with van der Waals surface area (Å²) in [7, 11) is 0. The van der Waals surface area contributed by atoms with Gasteiger partial charge >= 0.3 is 0 Å². The lowest BCUT2D eigenvalue weighted by atomic mass is 10.2. The van der Waals surface area contributed by atoms with Crippen molar-refractivity contribution < 1.29 is 9.21 Å². The van der Waals surface area contributed by atoms with E-state index >= 15 is 0 Å². The number of amides is 1. The van der Waals surface area contributed by atoms with Crippen LogP contribution in [0.25, 0.3) is 0 Å². The predicted molar refractivity (Wildman–Crippen MR) is 59.2 cm³/mol. The van der Waals surface area contributed by atoms with Crippen molar-refractivity contribution in [1.82, 2.24) is 16.0 Å². The van der Waals surface area contributed by atoms with Crippen LogP contribution in [-0.4, -0.2) is 19.0 Å². The summed E-state index contributed by atoms with van der Waals surface area (Å²) in [5, 5.41) is 17.4. The van der Waals surface area contributed by atoms with Crippen LogP contribution in [0, 0.1) is 11.3 Å². The standard InChI is InChI=1S/C11H12N4O2/c12-6-9(10-13-3-4-14-10)11(16)15-7-8-2-1-5-17-8/h1-2,5,13-14H,3-4,7H2,(H,15,16). The van der Waals surface area contributed by atoms with Crippen LogP contribution in [0.3, 0.4) is 0 Å². The van der Waals surface area contributed by atoms with Gasteiger partial charge in [-0.2, -0.15) is 5.26 Å². The first-order valence-electron chi connectivity index (χ1n) is 5.24. The lowest BCUT2D eigenvalue weighted by Gasteiger charge is -2.05. The number of carbonyl (C=O) groups is 1. The van der Waals surface area contributed by atoms with Gasteiger partial charge < -0.3 is 20.4 Å². The van der Waals surface area contributed by atoms with Crippen LogP contribution in [-0.2, 0) is 11.3 Å². The smallest absolute Gasteiger partial charge is 0.266 e. The molecule has 0 aliphatic carbocycles. The Kier molecular flexibility index (Phi) is 3.31. The van der Waals surface area contributed by atoms with Gasteiger partial charge in [-0.25, -0.2) is 0 Å². The van der Waals surface area contributed by atoms with Gasteiger partial charge in [0.15, 0.2) is 5.57 Å². The fourth-order valence-electron chi connectivity index (χ4n) is 1.50. The number of hydrogen-bond acceptors (Lipinski definition) is 5. The highest BCUT2D eigenvalue weighted by Crippen LogP contribution is 2.03. The molecule has 2 rings (SSSR count). The minimum absolute atomic E-state index is 0.0639. The van der Waals surface area contributed by atoms with Crippen LogP contribution in [0.15, 0.2) is 34.2 Å². The molecule has 1 aliphatic rings. The summed E-state index contributed by atoms with van der Waals surface area (Å²) in [6.45, 7) is 1.70. The van der Waals surface area contributed by atoms with E-state index in [2.05, 4.69) is 16.0 Å². The molecule has 0 saturated carbocycles. The zero-order chi connectivity index (χ0) is 12.1. The summed E-state index contributed by atoms with van der Waals surface area (Å²) < 4.78 is 5.08. The molecule has 1 fully saturated rings. The van der Waals surface area contributed by atoms with Crippen molar-refractivity contribution in [1.29, 1.82) is 5.26 Å². The fourth-order valence-corrected chi connectivity index (χ4v) is 1.50. The van der Waals surface area contributed by atoms with Gasteiger partial charge in [0, 0.05) is 13.1 Å². The summed E-state index contributed by atoms with van der Waals surface area (Å²) in [4.78, 5) is 11.7. The number of hydrogen-bond donors (Lipinski definition) is 3. The number of nitrogens with one attached hydrogen (secondary N) is 3. The molecule has 1 aromatic heterocycles. The topological polar surface area (TPSA) is 90.1 Å². The Bertz CT molecular complexity index is 462. The first-order valence-corrected chi connectivity index (χ1v) is 5.24. The third-order valence-corrected chi connectivity index (χ3v) is 2.32. The van der Waals surface area contributed by atoms with E-state index in [4.69, 9.17) is 9.68 Å². The Hall–Kier alpha value is -2.42. The number of nitrogens with zero attached hydrogens (tertiary/aromatic N) is 1. The van der Waals surface area contributed by atoms with E-state index in [9.17, 15) is 4.79 Å². The van der Waals surface area contributed by atoms with Gasteiger partial charge in [-0.15, -0.1) is 0 Å². The minimum Gasteiger partial charge on any atom is -0.467 e. The van der Waals surface area contributed by atoms with Crippen LogP contribution < -0.4 is 16.0 Å². The molecule has 1 aromatic rings. The van der Waals surface area contributed by atoms with Crippen molar-refractivity contribution >= 4 is 5.91 Å².